The molecule has 0 N–H and O–H groups in total. The van der Waals surface area contributed by atoms with Crippen molar-refractivity contribution in [1.82, 2.24) is 24.5 Å². The molecule has 0 fully saturated rings. The molecule has 0 aliphatic rings. The lowest BCUT2D eigenvalue weighted by Crippen LogP contribution is -2.36. The molecule has 2 aromatic rings. The number of alkyl halides is 3. The molecule has 2 heterocycles. The summed E-state index contributed by atoms with van der Waals surface area (Å²) in [6, 6.07) is 0. The van der Waals surface area contributed by atoms with Gasteiger partial charge in [-0.2, -0.15) is 18.2 Å². The Bertz CT molecular complexity index is 814. The number of carbonyl (C=O) groups excluding carboxylic acids is 1. The van der Waals surface area contributed by atoms with Crippen molar-refractivity contribution in [2.75, 3.05) is 40.5 Å². The van der Waals surface area contributed by atoms with Gasteiger partial charge in [0, 0.05) is 45.1 Å². The van der Waals surface area contributed by atoms with Gasteiger partial charge < -0.3 is 14.4 Å². The summed E-state index contributed by atoms with van der Waals surface area (Å²) < 4.78 is 49.7. The number of hydrogen-bond donors (Lipinski definition) is 0. The Morgan fingerprint density at radius 2 is 1.71 bits per heavy atom. The van der Waals surface area contributed by atoms with Gasteiger partial charge in [0.15, 0.2) is 0 Å². The SMILES string of the molecule is COCCN(CCOC)C(=O)CCc1c(C)nc2nc(C(F)(F)F)nn2c1C. The topological polar surface area (TPSA) is 81.9 Å². The minimum Gasteiger partial charge on any atom is -0.383 e. The zero-order valence-corrected chi connectivity index (χ0v) is 16.3. The molecule has 0 atom stereocenters. The molecule has 2 rings (SSSR count). The molecule has 0 unspecified atom stereocenters. The summed E-state index contributed by atoms with van der Waals surface area (Å²) in [7, 11) is 3.11. The lowest BCUT2D eigenvalue weighted by atomic mass is 10.1. The fourth-order valence-corrected chi connectivity index (χ4v) is 2.84. The molecule has 0 saturated heterocycles. The molecule has 0 aliphatic carbocycles. The normalized spacial score (nSPS) is 12.0. The van der Waals surface area contributed by atoms with Gasteiger partial charge in [-0.05, 0) is 25.8 Å². The van der Waals surface area contributed by atoms with Gasteiger partial charge in [-0.25, -0.2) is 9.50 Å². The number of nitrogens with zero attached hydrogens (tertiary/aromatic N) is 5. The Kier molecular flexibility index (Phi) is 7.30. The molecule has 8 nitrogen and oxygen atoms in total. The number of aryl methyl sites for hydroxylation is 2. The number of fused-ring (bicyclic) bond motifs is 1. The van der Waals surface area contributed by atoms with Crippen molar-refractivity contribution in [2.24, 2.45) is 0 Å². The standard InChI is InChI=1S/C17H24F3N5O3/c1-11-13(5-6-14(26)24(7-9-27-3)8-10-28-4)12(2)25-16(21-11)22-15(23-25)17(18,19)20/h5-10H2,1-4H3. The van der Waals surface area contributed by atoms with E-state index in [-0.39, 0.29) is 18.1 Å². The highest BCUT2D eigenvalue weighted by Gasteiger charge is 2.37. The highest BCUT2D eigenvalue weighted by molar-refractivity contribution is 5.76. The monoisotopic (exact) mass is 403 g/mol. The summed E-state index contributed by atoms with van der Waals surface area (Å²) in [5.41, 5.74) is 1.69. The Morgan fingerprint density at radius 3 is 2.25 bits per heavy atom. The van der Waals surface area contributed by atoms with Crippen molar-refractivity contribution in [2.45, 2.75) is 32.9 Å². The van der Waals surface area contributed by atoms with Gasteiger partial charge in [-0.1, -0.05) is 0 Å². The van der Waals surface area contributed by atoms with E-state index >= 15 is 0 Å². The summed E-state index contributed by atoms with van der Waals surface area (Å²) in [6.07, 6.45) is -4.13. The van der Waals surface area contributed by atoms with E-state index in [9.17, 15) is 18.0 Å². The average Bonchev–Trinajstić information content (AvgIpc) is 3.06. The molecule has 11 heteroatoms. The van der Waals surface area contributed by atoms with Crippen LogP contribution in [-0.4, -0.2) is 70.9 Å². The van der Waals surface area contributed by atoms with Gasteiger partial charge in [0.25, 0.3) is 11.6 Å². The van der Waals surface area contributed by atoms with Crippen LogP contribution in [0.1, 0.15) is 29.2 Å². The number of halogens is 3. The molecule has 156 valence electrons. The van der Waals surface area contributed by atoms with Gasteiger partial charge in [-0.15, -0.1) is 5.10 Å². The van der Waals surface area contributed by atoms with E-state index in [1.807, 2.05) is 0 Å². The number of methoxy groups -OCH3 is 2. The Morgan fingerprint density at radius 1 is 1.11 bits per heavy atom. The minimum absolute atomic E-state index is 0.0948. The second kappa shape index (κ2) is 9.28. The molecule has 0 aromatic carbocycles. The quantitative estimate of drug-likeness (QED) is 0.635. The Balaban J connectivity index is 2.19. The number of hydrogen-bond acceptors (Lipinski definition) is 6. The van der Waals surface area contributed by atoms with E-state index in [1.54, 1.807) is 33.0 Å². The van der Waals surface area contributed by atoms with Crippen LogP contribution < -0.4 is 0 Å². The van der Waals surface area contributed by atoms with Crippen molar-refractivity contribution in [3.63, 3.8) is 0 Å². The first-order valence-corrected chi connectivity index (χ1v) is 8.74. The van der Waals surface area contributed by atoms with Crippen molar-refractivity contribution < 1.29 is 27.4 Å². The van der Waals surface area contributed by atoms with Crippen molar-refractivity contribution in [3.05, 3.63) is 22.8 Å². The average molecular weight is 403 g/mol. The van der Waals surface area contributed by atoms with Crippen LogP contribution in [0.4, 0.5) is 13.2 Å². The fraction of sp³-hybridized carbons (Fsp3) is 0.647. The van der Waals surface area contributed by atoms with Gasteiger partial charge >= 0.3 is 6.18 Å². The summed E-state index contributed by atoms with van der Waals surface area (Å²) in [5, 5.41) is 3.52. The van der Waals surface area contributed by atoms with Crippen LogP contribution in [0.15, 0.2) is 0 Å². The zero-order chi connectivity index (χ0) is 20.9. The van der Waals surface area contributed by atoms with Gasteiger partial charge in [0.2, 0.25) is 5.91 Å². The number of rotatable bonds is 9. The molecule has 2 aromatic heterocycles. The van der Waals surface area contributed by atoms with Crippen LogP contribution in [0.2, 0.25) is 0 Å². The number of aromatic nitrogens is 4. The van der Waals surface area contributed by atoms with E-state index in [0.717, 1.165) is 4.52 Å². The lowest BCUT2D eigenvalue weighted by molar-refractivity contribution is -0.144. The maximum absolute atomic E-state index is 12.9. The smallest absolute Gasteiger partial charge is 0.383 e. The Hall–Kier alpha value is -2.27. The second-order valence-electron chi connectivity index (χ2n) is 6.27. The van der Waals surface area contributed by atoms with Crippen LogP contribution >= 0.6 is 0 Å². The molecular weight excluding hydrogens is 379 g/mol. The summed E-state index contributed by atoms with van der Waals surface area (Å²) in [4.78, 5) is 21.8. The first-order chi connectivity index (χ1) is 13.2. The highest BCUT2D eigenvalue weighted by Crippen LogP contribution is 2.27. The molecule has 0 spiro atoms. The third-order valence-electron chi connectivity index (χ3n) is 4.37. The lowest BCUT2D eigenvalue weighted by Gasteiger charge is -2.22. The third-order valence-corrected chi connectivity index (χ3v) is 4.37. The van der Waals surface area contributed by atoms with Gasteiger partial charge in [-0.3, -0.25) is 4.79 Å². The predicted molar refractivity (Wildman–Crippen MR) is 93.9 cm³/mol. The molecular formula is C17H24F3N5O3. The molecule has 0 aliphatic heterocycles. The molecule has 1 amide bonds. The zero-order valence-electron chi connectivity index (χ0n) is 16.3. The second-order valence-corrected chi connectivity index (χ2v) is 6.27. The van der Waals surface area contributed by atoms with Crippen LogP contribution in [0.5, 0.6) is 0 Å². The molecule has 0 radical (unpaired) electrons. The third kappa shape index (κ3) is 5.16. The molecule has 0 bridgehead atoms. The predicted octanol–water partition coefficient (Wildman–Crippen LogP) is 1.81. The van der Waals surface area contributed by atoms with Crippen LogP contribution in [0.3, 0.4) is 0 Å². The first-order valence-electron chi connectivity index (χ1n) is 8.74. The maximum Gasteiger partial charge on any atom is 0.453 e. The summed E-state index contributed by atoms with van der Waals surface area (Å²) >= 11 is 0. The van der Waals surface area contributed by atoms with E-state index in [0.29, 0.717) is 49.7 Å². The van der Waals surface area contributed by atoms with E-state index in [2.05, 4.69) is 15.1 Å². The summed E-state index contributed by atoms with van der Waals surface area (Å²) in [6.45, 7) is 5.00. The number of ether oxygens (including phenoxy) is 2. The maximum atomic E-state index is 12.9. The van der Waals surface area contributed by atoms with Crippen LogP contribution in [0.25, 0.3) is 5.78 Å². The summed E-state index contributed by atoms with van der Waals surface area (Å²) in [5.74, 6) is -1.44. The van der Waals surface area contributed by atoms with E-state index in [1.165, 1.54) is 0 Å². The largest absolute Gasteiger partial charge is 0.453 e. The van der Waals surface area contributed by atoms with Gasteiger partial charge in [0.05, 0.1) is 13.2 Å². The van der Waals surface area contributed by atoms with Crippen molar-refractivity contribution >= 4 is 11.7 Å². The fourth-order valence-electron chi connectivity index (χ4n) is 2.84. The number of amides is 1. The first kappa shape index (κ1) is 22.0. The number of carbonyl (C=O) groups is 1. The Labute approximate surface area is 160 Å². The van der Waals surface area contributed by atoms with Crippen molar-refractivity contribution in [1.29, 1.82) is 0 Å². The minimum atomic E-state index is -4.65. The van der Waals surface area contributed by atoms with E-state index < -0.39 is 12.0 Å². The molecule has 0 saturated carbocycles. The van der Waals surface area contributed by atoms with Crippen molar-refractivity contribution in [3.8, 4) is 0 Å². The van der Waals surface area contributed by atoms with Crippen LogP contribution in [-0.2, 0) is 26.9 Å². The highest BCUT2D eigenvalue weighted by atomic mass is 19.4. The van der Waals surface area contributed by atoms with Crippen LogP contribution in [0, 0.1) is 13.8 Å². The molecule has 28 heavy (non-hydrogen) atoms. The van der Waals surface area contributed by atoms with Gasteiger partial charge in [0.1, 0.15) is 0 Å². The van der Waals surface area contributed by atoms with E-state index in [4.69, 9.17) is 9.47 Å².